The molecular weight excluding hydrogens is 306 g/mol. The van der Waals surface area contributed by atoms with Gasteiger partial charge in [0, 0.05) is 23.5 Å². The number of benzene rings is 2. The molecule has 2 aromatic carbocycles. The summed E-state index contributed by atoms with van der Waals surface area (Å²) in [4.78, 5) is 0. The van der Waals surface area contributed by atoms with Crippen LogP contribution in [0.3, 0.4) is 0 Å². The van der Waals surface area contributed by atoms with Crippen molar-refractivity contribution in [1.29, 1.82) is 0 Å². The van der Waals surface area contributed by atoms with Crippen LogP contribution in [0, 0.1) is 5.92 Å². The minimum atomic E-state index is -0.712. The molecule has 2 aromatic rings. The molecule has 2 heteroatoms. The van der Waals surface area contributed by atoms with Crippen molar-refractivity contribution in [3.63, 3.8) is 0 Å². The van der Waals surface area contributed by atoms with Gasteiger partial charge in [-0.1, -0.05) is 73.2 Å². The number of hydrogen-bond donors (Lipinski definition) is 2. The van der Waals surface area contributed by atoms with Crippen molar-refractivity contribution in [2.75, 3.05) is 0 Å². The summed E-state index contributed by atoms with van der Waals surface area (Å²) in [5.74, 6) is 0.214. The zero-order valence-electron chi connectivity index (χ0n) is 15.4. The van der Waals surface area contributed by atoms with Gasteiger partial charge in [-0.15, -0.1) is 6.58 Å². The Morgan fingerprint density at radius 1 is 1.08 bits per heavy atom. The Hall–Kier alpha value is -1.90. The van der Waals surface area contributed by atoms with E-state index in [1.807, 2.05) is 6.92 Å². The van der Waals surface area contributed by atoms with Crippen molar-refractivity contribution in [2.45, 2.75) is 50.8 Å². The zero-order chi connectivity index (χ0) is 17.9. The van der Waals surface area contributed by atoms with Crippen molar-refractivity contribution in [2.24, 2.45) is 5.92 Å². The smallest absolute Gasteiger partial charge is 0.118 e. The lowest BCUT2D eigenvalue weighted by molar-refractivity contribution is -0.757. The molecule has 3 N–H and O–H groups in total. The Bertz CT molecular complexity index is 697. The summed E-state index contributed by atoms with van der Waals surface area (Å²) in [5, 5.41) is 14.1. The molecule has 0 radical (unpaired) electrons. The van der Waals surface area contributed by atoms with E-state index in [1.54, 1.807) is 0 Å². The predicted molar refractivity (Wildman–Crippen MR) is 103 cm³/mol. The van der Waals surface area contributed by atoms with Gasteiger partial charge in [0.15, 0.2) is 0 Å². The summed E-state index contributed by atoms with van der Waals surface area (Å²) < 4.78 is 0. The highest BCUT2D eigenvalue weighted by Gasteiger charge is 2.50. The Kier molecular flexibility index (Phi) is 5.41. The molecule has 132 valence electrons. The highest BCUT2D eigenvalue weighted by Crippen LogP contribution is 2.43. The van der Waals surface area contributed by atoms with Gasteiger partial charge in [0.2, 0.25) is 0 Å². The highest BCUT2D eigenvalue weighted by atomic mass is 16.3. The Morgan fingerprint density at radius 3 is 2.16 bits per heavy atom. The van der Waals surface area contributed by atoms with E-state index in [0.717, 1.165) is 18.4 Å². The van der Waals surface area contributed by atoms with Gasteiger partial charge >= 0.3 is 0 Å². The van der Waals surface area contributed by atoms with Gasteiger partial charge in [0.1, 0.15) is 12.1 Å². The standard InChI is InChI=1S/C23H29NO/c1-4-20-22(19-13-9-6-10-14-19)24-21(18-11-7-5-8-12-18)16-23(20,25)15-17(2)3/h5-14,20-22,24-25H,2,4,15-16H2,1,3H3/p+1/t20-,21-,22-,23+/m0/s1. The first kappa shape index (κ1) is 17.9. The van der Waals surface area contributed by atoms with Gasteiger partial charge < -0.3 is 10.4 Å². The van der Waals surface area contributed by atoms with Gasteiger partial charge in [0.05, 0.1) is 5.60 Å². The number of piperidine rings is 1. The molecule has 0 spiro atoms. The molecule has 0 aromatic heterocycles. The second-order valence-corrected chi connectivity index (χ2v) is 7.60. The second kappa shape index (κ2) is 7.55. The monoisotopic (exact) mass is 336 g/mol. The number of rotatable bonds is 5. The fraction of sp³-hybridized carbons (Fsp3) is 0.391. The van der Waals surface area contributed by atoms with Crippen LogP contribution in [0.25, 0.3) is 0 Å². The number of aliphatic hydroxyl groups is 1. The van der Waals surface area contributed by atoms with Crippen LogP contribution in [-0.2, 0) is 0 Å². The van der Waals surface area contributed by atoms with E-state index in [9.17, 15) is 5.11 Å². The fourth-order valence-corrected chi connectivity index (χ4v) is 4.63. The third kappa shape index (κ3) is 3.86. The van der Waals surface area contributed by atoms with Gasteiger partial charge in [-0.2, -0.15) is 0 Å². The van der Waals surface area contributed by atoms with E-state index >= 15 is 0 Å². The minimum absolute atomic E-state index is 0.214. The summed E-state index contributed by atoms with van der Waals surface area (Å²) in [6.07, 6.45) is 2.40. The van der Waals surface area contributed by atoms with Crippen LogP contribution in [0.2, 0.25) is 0 Å². The molecule has 3 rings (SSSR count). The van der Waals surface area contributed by atoms with Gasteiger partial charge in [-0.3, -0.25) is 0 Å². The maximum absolute atomic E-state index is 11.7. The van der Waals surface area contributed by atoms with Gasteiger partial charge in [-0.05, 0) is 19.8 Å². The van der Waals surface area contributed by atoms with Crippen LogP contribution in [0.15, 0.2) is 72.8 Å². The molecule has 0 saturated carbocycles. The van der Waals surface area contributed by atoms with E-state index < -0.39 is 5.60 Å². The molecule has 1 fully saturated rings. The molecule has 25 heavy (non-hydrogen) atoms. The molecule has 1 aliphatic heterocycles. The molecule has 1 saturated heterocycles. The first-order valence-electron chi connectivity index (χ1n) is 9.35. The predicted octanol–water partition coefficient (Wildman–Crippen LogP) is 4.16. The van der Waals surface area contributed by atoms with Crippen molar-refractivity contribution in [3.05, 3.63) is 83.9 Å². The first-order chi connectivity index (χ1) is 12.0. The van der Waals surface area contributed by atoms with Crippen molar-refractivity contribution in [3.8, 4) is 0 Å². The highest BCUT2D eigenvalue weighted by molar-refractivity contribution is 5.23. The van der Waals surface area contributed by atoms with Crippen molar-refractivity contribution in [1.82, 2.24) is 0 Å². The van der Waals surface area contributed by atoms with E-state index in [2.05, 4.69) is 79.5 Å². The summed E-state index contributed by atoms with van der Waals surface area (Å²) >= 11 is 0. The maximum Gasteiger partial charge on any atom is 0.118 e. The molecule has 0 amide bonds. The average Bonchev–Trinajstić information content (AvgIpc) is 2.61. The van der Waals surface area contributed by atoms with Crippen LogP contribution in [0.4, 0.5) is 0 Å². The third-order valence-corrected chi connectivity index (χ3v) is 5.60. The molecule has 0 unspecified atom stereocenters. The molecule has 2 nitrogen and oxygen atoms in total. The number of hydrogen-bond acceptors (Lipinski definition) is 1. The largest absolute Gasteiger partial charge is 0.389 e. The van der Waals surface area contributed by atoms with Crippen LogP contribution < -0.4 is 5.32 Å². The summed E-state index contributed by atoms with van der Waals surface area (Å²) in [7, 11) is 0. The van der Waals surface area contributed by atoms with Crippen LogP contribution in [0.1, 0.15) is 56.3 Å². The lowest BCUT2D eigenvalue weighted by atomic mass is 9.67. The minimum Gasteiger partial charge on any atom is -0.389 e. The molecule has 0 bridgehead atoms. The molecule has 4 atom stereocenters. The normalized spacial score (nSPS) is 29.3. The number of quaternary nitrogens is 1. The van der Waals surface area contributed by atoms with E-state index in [1.165, 1.54) is 11.1 Å². The fourth-order valence-electron chi connectivity index (χ4n) is 4.63. The Labute approximate surface area is 151 Å². The topological polar surface area (TPSA) is 36.8 Å². The molecule has 1 aliphatic rings. The Balaban J connectivity index is 2.01. The summed E-state index contributed by atoms with van der Waals surface area (Å²) in [5.41, 5.74) is 2.94. The molecule has 0 aliphatic carbocycles. The average molecular weight is 336 g/mol. The SMILES string of the molecule is C=C(C)C[C@@]1(O)C[C@@H](c2ccccc2)[NH2+][C@@H](c2ccccc2)[C@@H]1CC. The van der Waals surface area contributed by atoms with Gasteiger partial charge in [-0.25, -0.2) is 0 Å². The van der Waals surface area contributed by atoms with Crippen molar-refractivity contribution >= 4 is 0 Å². The van der Waals surface area contributed by atoms with Crippen LogP contribution in [0.5, 0.6) is 0 Å². The van der Waals surface area contributed by atoms with Gasteiger partial charge in [0.25, 0.3) is 0 Å². The van der Waals surface area contributed by atoms with Crippen LogP contribution in [-0.4, -0.2) is 10.7 Å². The maximum atomic E-state index is 11.7. The Morgan fingerprint density at radius 2 is 1.64 bits per heavy atom. The first-order valence-corrected chi connectivity index (χ1v) is 9.35. The second-order valence-electron chi connectivity index (χ2n) is 7.60. The summed E-state index contributed by atoms with van der Waals surface area (Å²) in [6, 6.07) is 21.7. The molecular formula is C23H30NO+. The lowest BCUT2D eigenvalue weighted by Crippen LogP contribution is -2.91. The van der Waals surface area contributed by atoms with E-state index in [-0.39, 0.29) is 18.0 Å². The zero-order valence-corrected chi connectivity index (χ0v) is 15.4. The third-order valence-electron chi connectivity index (χ3n) is 5.60. The number of nitrogens with two attached hydrogens (primary N) is 1. The lowest BCUT2D eigenvalue weighted by Gasteiger charge is -2.46. The van der Waals surface area contributed by atoms with E-state index in [4.69, 9.17) is 0 Å². The molecule has 1 heterocycles. The van der Waals surface area contributed by atoms with E-state index in [0.29, 0.717) is 6.42 Å². The quantitative estimate of drug-likeness (QED) is 0.790. The van der Waals surface area contributed by atoms with Crippen LogP contribution >= 0.6 is 0 Å². The van der Waals surface area contributed by atoms with Crippen molar-refractivity contribution < 1.29 is 10.4 Å². The summed E-state index contributed by atoms with van der Waals surface area (Å²) in [6.45, 7) is 8.31.